The smallest absolute Gasteiger partial charge is 0.270 e. The average molecular weight is 282 g/mol. The minimum Gasteiger partial charge on any atom is -0.383 e. The first kappa shape index (κ1) is 13.8. The van der Waals surface area contributed by atoms with E-state index >= 15 is 0 Å². The first-order valence-corrected chi connectivity index (χ1v) is 6.48. The Balaban J connectivity index is 2.39. The van der Waals surface area contributed by atoms with Gasteiger partial charge in [0.2, 0.25) is 0 Å². The molecule has 0 saturated carbocycles. The number of aromatic nitrogens is 2. The summed E-state index contributed by atoms with van der Waals surface area (Å²) in [6.45, 7) is 2.91. The van der Waals surface area contributed by atoms with Crippen molar-refractivity contribution in [3.05, 3.63) is 34.7 Å². The zero-order valence-electron chi connectivity index (χ0n) is 10.9. The molecular weight excluding hydrogens is 266 g/mol. The lowest BCUT2D eigenvalue weighted by molar-refractivity contribution is 0.0930. The molecule has 1 amide bonds. The molecule has 0 bridgehead atoms. The summed E-state index contributed by atoms with van der Waals surface area (Å²) < 4.78 is 6.64. The van der Waals surface area contributed by atoms with Crippen LogP contribution in [-0.2, 0) is 11.2 Å². The van der Waals surface area contributed by atoms with Gasteiger partial charge in [-0.15, -0.1) is 0 Å². The van der Waals surface area contributed by atoms with Gasteiger partial charge in [-0.05, 0) is 18.6 Å². The highest BCUT2D eigenvalue weighted by Crippen LogP contribution is 2.17. The third kappa shape index (κ3) is 2.88. The molecule has 0 radical (unpaired) electrons. The van der Waals surface area contributed by atoms with Crippen molar-refractivity contribution in [2.24, 2.45) is 0 Å². The van der Waals surface area contributed by atoms with Gasteiger partial charge in [-0.2, -0.15) is 0 Å². The fourth-order valence-corrected chi connectivity index (χ4v) is 2.07. The van der Waals surface area contributed by atoms with Crippen LogP contribution in [0.3, 0.4) is 0 Å². The highest BCUT2D eigenvalue weighted by molar-refractivity contribution is 6.30. The quantitative estimate of drug-likeness (QED) is 0.852. The fourth-order valence-electron chi connectivity index (χ4n) is 1.90. The molecule has 2 heterocycles. The number of hydrogen-bond acceptors (Lipinski definition) is 3. The van der Waals surface area contributed by atoms with Crippen molar-refractivity contribution in [3.8, 4) is 0 Å². The lowest BCUT2D eigenvalue weighted by atomic mass is 10.2. The van der Waals surface area contributed by atoms with E-state index < -0.39 is 0 Å². The SMILES string of the molecule is CCc1nc2ccc(Cl)cn2c1C(=O)NCCOC. The molecule has 0 aliphatic rings. The number of carbonyl (C=O) groups excluding carboxylic acids is 1. The van der Waals surface area contributed by atoms with Gasteiger partial charge in [0, 0.05) is 19.9 Å². The monoisotopic (exact) mass is 281 g/mol. The van der Waals surface area contributed by atoms with Crippen LogP contribution in [-0.4, -0.2) is 35.6 Å². The molecule has 6 heteroatoms. The first-order chi connectivity index (χ1) is 9.17. The van der Waals surface area contributed by atoms with E-state index in [0.29, 0.717) is 30.3 Å². The molecule has 5 nitrogen and oxygen atoms in total. The van der Waals surface area contributed by atoms with Crippen molar-refractivity contribution in [1.82, 2.24) is 14.7 Å². The molecule has 0 aliphatic heterocycles. The number of imidazole rings is 1. The third-order valence-electron chi connectivity index (χ3n) is 2.80. The zero-order valence-corrected chi connectivity index (χ0v) is 11.7. The number of halogens is 1. The van der Waals surface area contributed by atoms with E-state index in [1.54, 1.807) is 29.8 Å². The number of hydrogen-bond donors (Lipinski definition) is 1. The van der Waals surface area contributed by atoms with Crippen molar-refractivity contribution < 1.29 is 9.53 Å². The Labute approximate surface area is 116 Å². The Kier molecular flexibility index (Phi) is 4.39. The minimum atomic E-state index is -0.163. The summed E-state index contributed by atoms with van der Waals surface area (Å²) in [5.74, 6) is -0.163. The predicted molar refractivity (Wildman–Crippen MR) is 73.8 cm³/mol. The number of carbonyl (C=O) groups is 1. The van der Waals surface area contributed by atoms with E-state index in [1.807, 2.05) is 6.92 Å². The fraction of sp³-hybridized carbons (Fsp3) is 0.385. The summed E-state index contributed by atoms with van der Waals surface area (Å²) in [4.78, 5) is 16.6. The van der Waals surface area contributed by atoms with Gasteiger partial charge < -0.3 is 10.1 Å². The highest BCUT2D eigenvalue weighted by atomic mass is 35.5. The van der Waals surface area contributed by atoms with E-state index in [2.05, 4.69) is 10.3 Å². The summed E-state index contributed by atoms with van der Waals surface area (Å²) in [6.07, 6.45) is 2.39. The molecule has 0 saturated heterocycles. The van der Waals surface area contributed by atoms with E-state index in [0.717, 1.165) is 11.3 Å². The van der Waals surface area contributed by atoms with Crippen LogP contribution in [0.1, 0.15) is 23.1 Å². The summed E-state index contributed by atoms with van der Waals surface area (Å²) in [5, 5.41) is 3.37. The van der Waals surface area contributed by atoms with Gasteiger partial charge in [-0.3, -0.25) is 9.20 Å². The summed E-state index contributed by atoms with van der Waals surface area (Å²) >= 11 is 5.97. The van der Waals surface area contributed by atoms with E-state index in [-0.39, 0.29) is 5.91 Å². The van der Waals surface area contributed by atoms with Gasteiger partial charge in [-0.25, -0.2) is 4.98 Å². The predicted octanol–water partition coefficient (Wildman–Crippen LogP) is 1.93. The normalized spacial score (nSPS) is 10.9. The number of pyridine rings is 1. The Morgan fingerprint density at radius 1 is 1.53 bits per heavy atom. The van der Waals surface area contributed by atoms with Crippen LogP contribution in [0.4, 0.5) is 0 Å². The van der Waals surface area contributed by atoms with E-state index in [9.17, 15) is 4.79 Å². The second-order valence-corrected chi connectivity index (χ2v) is 4.52. The van der Waals surface area contributed by atoms with Crippen LogP contribution in [0, 0.1) is 0 Å². The highest BCUT2D eigenvalue weighted by Gasteiger charge is 2.17. The number of methoxy groups -OCH3 is 1. The average Bonchev–Trinajstić information content (AvgIpc) is 2.76. The molecule has 102 valence electrons. The second kappa shape index (κ2) is 6.04. The Bertz CT molecular complexity index is 595. The van der Waals surface area contributed by atoms with Gasteiger partial charge >= 0.3 is 0 Å². The van der Waals surface area contributed by atoms with Crippen LogP contribution in [0.5, 0.6) is 0 Å². The van der Waals surface area contributed by atoms with Crippen LogP contribution in [0.15, 0.2) is 18.3 Å². The maximum absolute atomic E-state index is 12.2. The van der Waals surface area contributed by atoms with Gasteiger partial charge in [0.1, 0.15) is 11.3 Å². The molecule has 2 aromatic heterocycles. The molecule has 19 heavy (non-hydrogen) atoms. The maximum Gasteiger partial charge on any atom is 0.270 e. The van der Waals surface area contributed by atoms with Crippen molar-refractivity contribution in [3.63, 3.8) is 0 Å². The Hall–Kier alpha value is -1.59. The lowest BCUT2D eigenvalue weighted by Gasteiger charge is -2.06. The largest absolute Gasteiger partial charge is 0.383 e. The van der Waals surface area contributed by atoms with Crippen LogP contribution in [0.25, 0.3) is 5.65 Å². The van der Waals surface area contributed by atoms with E-state index in [1.165, 1.54) is 0 Å². The molecule has 0 spiro atoms. The number of ether oxygens (including phenoxy) is 1. The number of fused-ring (bicyclic) bond motifs is 1. The van der Waals surface area contributed by atoms with Gasteiger partial charge in [0.15, 0.2) is 0 Å². The lowest BCUT2D eigenvalue weighted by Crippen LogP contribution is -2.28. The van der Waals surface area contributed by atoms with Crippen molar-refractivity contribution in [1.29, 1.82) is 0 Å². The molecule has 0 aromatic carbocycles. The Morgan fingerprint density at radius 3 is 3.00 bits per heavy atom. The molecule has 0 fully saturated rings. The van der Waals surface area contributed by atoms with Crippen LogP contribution in [0.2, 0.25) is 5.02 Å². The molecule has 2 aromatic rings. The van der Waals surface area contributed by atoms with Crippen molar-refractivity contribution >= 4 is 23.2 Å². The number of aryl methyl sites for hydroxylation is 1. The molecular formula is C13H16ClN3O2. The summed E-state index contributed by atoms with van der Waals surface area (Å²) in [7, 11) is 1.59. The summed E-state index contributed by atoms with van der Waals surface area (Å²) in [6, 6.07) is 3.56. The molecule has 2 rings (SSSR count). The number of amides is 1. The van der Waals surface area contributed by atoms with Gasteiger partial charge in [0.05, 0.1) is 17.3 Å². The molecule has 0 unspecified atom stereocenters. The molecule has 0 atom stereocenters. The van der Waals surface area contributed by atoms with Crippen molar-refractivity contribution in [2.45, 2.75) is 13.3 Å². The summed E-state index contributed by atoms with van der Waals surface area (Å²) in [5.41, 5.74) is 2.02. The van der Waals surface area contributed by atoms with Crippen LogP contribution >= 0.6 is 11.6 Å². The standard InChI is InChI=1S/C13H16ClN3O2/c1-3-10-12(13(18)15-6-7-19-2)17-8-9(14)4-5-11(17)16-10/h4-5,8H,3,6-7H2,1-2H3,(H,15,18). The van der Waals surface area contributed by atoms with Crippen molar-refractivity contribution in [2.75, 3.05) is 20.3 Å². The molecule has 1 N–H and O–H groups in total. The maximum atomic E-state index is 12.2. The van der Waals surface area contributed by atoms with Crippen LogP contribution < -0.4 is 5.32 Å². The van der Waals surface area contributed by atoms with Gasteiger partial charge in [0.25, 0.3) is 5.91 Å². The Morgan fingerprint density at radius 2 is 2.32 bits per heavy atom. The van der Waals surface area contributed by atoms with Gasteiger partial charge in [-0.1, -0.05) is 18.5 Å². The number of nitrogens with one attached hydrogen (secondary N) is 1. The number of rotatable bonds is 5. The number of nitrogens with zero attached hydrogens (tertiary/aromatic N) is 2. The molecule has 0 aliphatic carbocycles. The zero-order chi connectivity index (χ0) is 13.8. The topological polar surface area (TPSA) is 55.6 Å². The second-order valence-electron chi connectivity index (χ2n) is 4.08. The minimum absolute atomic E-state index is 0.163. The third-order valence-corrected chi connectivity index (χ3v) is 3.02. The van der Waals surface area contributed by atoms with E-state index in [4.69, 9.17) is 16.3 Å². The first-order valence-electron chi connectivity index (χ1n) is 6.11.